The van der Waals surface area contributed by atoms with Crippen LogP contribution in [0.3, 0.4) is 0 Å². The molecule has 0 aliphatic rings. The molecule has 1 aromatic carbocycles. The molecule has 3 heteroatoms. The lowest BCUT2D eigenvalue weighted by Gasteiger charge is -2.04. The molecule has 0 N–H and O–H groups in total. The molecule has 0 saturated heterocycles. The highest BCUT2D eigenvalue weighted by Crippen LogP contribution is 2.13. The van der Waals surface area contributed by atoms with Gasteiger partial charge in [-0.05, 0) is 18.6 Å². The molecule has 0 unspecified atom stereocenters. The molecule has 21 heavy (non-hydrogen) atoms. The molecule has 3 nitrogen and oxygen atoms in total. The molecule has 0 aliphatic heterocycles. The van der Waals surface area contributed by atoms with Crippen molar-refractivity contribution < 1.29 is 0 Å². The second-order valence-electron chi connectivity index (χ2n) is 5.96. The van der Waals surface area contributed by atoms with Crippen molar-refractivity contribution in [3.63, 3.8) is 0 Å². The Balaban J connectivity index is 1.82. The second-order valence-corrected chi connectivity index (χ2v) is 5.96. The zero-order chi connectivity index (χ0) is 15.1. The molecular formula is C18H28N2O. The van der Waals surface area contributed by atoms with Crippen LogP contribution in [0.15, 0.2) is 29.1 Å². The van der Waals surface area contributed by atoms with Gasteiger partial charge in [0.25, 0.3) is 0 Å². The minimum Gasteiger partial charge on any atom is -0.295 e. The van der Waals surface area contributed by atoms with E-state index in [1.54, 1.807) is 4.57 Å². The summed E-state index contributed by atoms with van der Waals surface area (Å²) in [7, 11) is 1.86. The summed E-state index contributed by atoms with van der Waals surface area (Å²) in [6.45, 7) is 3.09. The van der Waals surface area contributed by atoms with Gasteiger partial charge in [-0.2, -0.15) is 0 Å². The van der Waals surface area contributed by atoms with Crippen molar-refractivity contribution in [3.05, 3.63) is 34.7 Å². The molecule has 0 fully saturated rings. The third-order valence-corrected chi connectivity index (χ3v) is 4.29. The molecule has 0 aliphatic carbocycles. The van der Waals surface area contributed by atoms with Crippen LogP contribution >= 0.6 is 0 Å². The number of para-hydroxylation sites is 2. The van der Waals surface area contributed by atoms with Crippen LogP contribution in [0.2, 0.25) is 0 Å². The first-order valence-corrected chi connectivity index (χ1v) is 8.40. The van der Waals surface area contributed by atoms with Crippen molar-refractivity contribution in [3.8, 4) is 0 Å². The van der Waals surface area contributed by atoms with E-state index in [0.29, 0.717) is 0 Å². The van der Waals surface area contributed by atoms with Gasteiger partial charge in [0.05, 0.1) is 11.0 Å². The van der Waals surface area contributed by atoms with Gasteiger partial charge in [-0.15, -0.1) is 0 Å². The first kappa shape index (κ1) is 15.9. The van der Waals surface area contributed by atoms with E-state index in [-0.39, 0.29) is 5.69 Å². The topological polar surface area (TPSA) is 26.9 Å². The lowest BCUT2D eigenvalue weighted by atomic mass is 10.1. The first-order chi connectivity index (χ1) is 10.3. The molecule has 0 saturated carbocycles. The number of imidazole rings is 1. The maximum absolute atomic E-state index is 12.3. The van der Waals surface area contributed by atoms with Crippen molar-refractivity contribution in [1.29, 1.82) is 0 Å². The Morgan fingerprint density at radius 1 is 0.857 bits per heavy atom. The predicted molar refractivity (Wildman–Crippen MR) is 89.8 cm³/mol. The van der Waals surface area contributed by atoms with Gasteiger partial charge in [0.15, 0.2) is 0 Å². The van der Waals surface area contributed by atoms with E-state index in [4.69, 9.17) is 0 Å². The van der Waals surface area contributed by atoms with Crippen molar-refractivity contribution in [2.75, 3.05) is 0 Å². The Hall–Kier alpha value is -1.51. The van der Waals surface area contributed by atoms with E-state index < -0.39 is 0 Å². The molecule has 0 atom stereocenters. The van der Waals surface area contributed by atoms with E-state index in [2.05, 4.69) is 6.92 Å². The molecule has 0 bridgehead atoms. The van der Waals surface area contributed by atoms with Gasteiger partial charge in [0, 0.05) is 13.6 Å². The number of hydrogen-bond donors (Lipinski definition) is 0. The molecule has 116 valence electrons. The van der Waals surface area contributed by atoms with Crippen LogP contribution in [0.4, 0.5) is 0 Å². The van der Waals surface area contributed by atoms with E-state index in [1.165, 1.54) is 44.9 Å². The lowest BCUT2D eigenvalue weighted by Crippen LogP contribution is -2.22. The summed E-state index contributed by atoms with van der Waals surface area (Å²) in [5.41, 5.74) is 2.20. The molecule has 1 aromatic heterocycles. The highest BCUT2D eigenvalue weighted by atomic mass is 16.1. The first-order valence-electron chi connectivity index (χ1n) is 8.40. The van der Waals surface area contributed by atoms with Gasteiger partial charge < -0.3 is 0 Å². The zero-order valence-corrected chi connectivity index (χ0v) is 13.5. The Morgan fingerprint density at radius 3 is 2.10 bits per heavy atom. The summed E-state index contributed by atoms with van der Waals surface area (Å²) in [4.78, 5) is 12.3. The number of hydrogen-bond acceptors (Lipinski definition) is 1. The normalized spacial score (nSPS) is 11.3. The Labute approximate surface area is 127 Å². The fraction of sp³-hybridized carbons (Fsp3) is 0.611. The summed E-state index contributed by atoms with van der Waals surface area (Å²) in [5.74, 6) is 0. The average Bonchev–Trinajstić information content (AvgIpc) is 2.75. The standard InChI is InChI=1S/C18H28N2O/c1-3-4-5-6-7-8-9-12-15-20-17-14-11-10-13-16(17)19(2)18(20)21/h10-11,13-14H,3-9,12,15H2,1-2H3. The summed E-state index contributed by atoms with van der Waals surface area (Å²) in [6.07, 6.45) is 10.4. The highest BCUT2D eigenvalue weighted by Gasteiger charge is 2.08. The molecule has 0 spiro atoms. The van der Waals surface area contributed by atoms with Crippen LogP contribution in [-0.4, -0.2) is 9.13 Å². The fourth-order valence-electron chi connectivity index (χ4n) is 2.98. The van der Waals surface area contributed by atoms with Crippen molar-refractivity contribution in [1.82, 2.24) is 9.13 Å². The smallest absolute Gasteiger partial charge is 0.295 e. The van der Waals surface area contributed by atoms with Gasteiger partial charge in [-0.25, -0.2) is 4.79 Å². The minimum atomic E-state index is 0.110. The van der Waals surface area contributed by atoms with Gasteiger partial charge in [0.1, 0.15) is 0 Å². The van der Waals surface area contributed by atoms with Crippen molar-refractivity contribution in [2.45, 2.75) is 64.8 Å². The number of unbranched alkanes of at least 4 members (excludes halogenated alkanes) is 7. The van der Waals surface area contributed by atoms with Gasteiger partial charge in [-0.1, -0.05) is 64.0 Å². The Morgan fingerprint density at radius 2 is 1.43 bits per heavy atom. The van der Waals surface area contributed by atoms with Gasteiger partial charge in [0.2, 0.25) is 0 Å². The molecule has 1 heterocycles. The third-order valence-electron chi connectivity index (χ3n) is 4.29. The highest BCUT2D eigenvalue weighted by molar-refractivity contribution is 5.75. The summed E-state index contributed by atoms with van der Waals surface area (Å²) >= 11 is 0. The van der Waals surface area contributed by atoms with E-state index in [0.717, 1.165) is 24.0 Å². The molecule has 0 radical (unpaired) electrons. The SMILES string of the molecule is CCCCCCCCCCn1c(=O)n(C)c2ccccc21. The predicted octanol–water partition coefficient (Wildman–Crippen LogP) is 4.48. The maximum atomic E-state index is 12.3. The molecule has 0 amide bonds. The van der Waals surface area contributed by atoms with Crippen LogP contribution in [0.5, 0.6) is 0 Å². The van der Waals surface area contributed by atoms with Crippen LogP contribution < -0.4 is 5.69 Å². The molecule has 2 rings (SSSR count). The monoisotopic (exact) mass is 288 g/mol. The summed E-state index contributed by atoms with van der Waals surface area (Å²) in [5, 5.41) is 0. The molecular weight excluding hydrogens is 260 g/mol. The fourth-order valence-corrected chi connectivity index (χ4v) is 2.98. The van der Waals surface area contributed by atoms with Crippen molar-refractivity contribution >= 4 is 11.0 Å². The number of aryl methyl sites for hydroxylation is 2. The number of benzene rings is 1. The van der Waals surface area contributed by atoms with E-state index >= 15 is 0 Å². The van der Waals surface area contributed by atoms with E-state index in [9.17, 15) is 4.79 Å². The average molecular weight is 288 g/mol. The zero-order valence-electron chi connectivity index (χ0n) is 13.5. The maximum Gasteiger partial charge on any atom is 0.328 e. The molecule has 2 aromatic rings. The number of rotatable bonds is 9. The van der Waals surface area contributed by atoms with E-state index in [1.807, 2.05) is 35.9 Å². The Kier molecular flexibility index (Phi) is 6.09. The number of fused-ring (bicyclic) bond motifs is 1. The lowest BCUT2D eigenvalue weighted by molar-refractivity contribution is 0.540. The number of aromatic nitrogens is 2. The number of nitrogens with zero attached hydrogens (tertiary/aromatic N) is 2. The van der Waals surface area contributed by atoms with Crippen LogP contribution in [0.25, 0.3) is 11.0 Å². The third kappa shape index (κ3) is 3.99. The van der Waals surface area contributed by atoms with Crippen molar-refractivity contribution in [2.24, 2.45) is 7.05 Å². The summed E-state index contributed by atoms with van der Waals surface area (Å²) < 4.78 is 3.67. The van der Waals surface area contributed by atoms with Gasteiger partial charge in [-0.3, -0.25) is 9.13 Å². The van der Waals surface area contributed by atoms with Gasteiger partial charge >= 0.3 is 5.69 Å². The largest absolute Gasteiger partial charge is 0.328 e. The summed E-state index contributed by atoms with van der Waals surface area (Å²) in [6, 6.07) is 8.05. The quantitative estimate of drug-likeness (QED) is 0.625. The second kappa shape index (κ2) is 8.06. The van der Waals surface area contributed by atoms with Crippen LogP contribution in [0.1, 0.15) is 58.3 Å². The van der Waals surface area contributed by atoms with Crippen LogP contribution in [0, 0.1) is 0 Å². The van der Waals surface area contributed by atoms with Crippen LogP contribution in [-0.2, 0) is 13.6 Å². The minimum absolute atomic E-state index is 0.110. The Bertz CT molecular complexity index is 609.